The van der Waals surface area contributed by atoms with Gasteiger partial charge in [-0.1, -0.05) is 12.2 Å². The van der Waals surface area contributed by atoms with Crippen molar-refractivity contribution in [1.29, 1.82) is 0 Å². The predicted molar refractivity (Wildman–Crippen MR) is 63.0 cm³/mol. The molecule has 0 saturated carbocycles. The third-order valence-corrected chi connectivity index (χ3v) is 3.51. The molecule has 0 N–H and O–H groups in total. The fraction of sp³-hybridized carbons (Fsp3) is 0.846. The fourth-order valence-corrected chi connectivity index (χ4v) is 2.74. The van der Waals surface area contributed by atoms with Crippen molar-refractivity contribution in [3.8, 4) is 0 Å². The van der Waals surface area contributed by atoms with Crippen molar-refractivity contribution in [3.63, 3.8) is 0 Å². The van der Waals surface area contributed by atoms with Crippen LogP contribution in [-0.4, -0.2) is 36.7 Å². The van der Waals surface area contributed by atoms with Crippen LogP contribution in [0.1, 0.15) is 39.0 Å². The van der Waals surface area contributed by atoms with Crippen LogP contribution in [0, 0.1) is 0 Å². The van der Waals surface area contributed by atoms with Gasteiger partial charge in [0.25, 0.3) is 0 Å². The van der Waals surface area contributed by atoms with Gasteiger partial charge in [-0.3, -0.25) is 4.90 Å². The Morgan fingerprint density at radius 2 is 2.27 bits per heavy atom. The molecular weight excluding hydrogens is 186 g/mol. The number of hydrogen-bond donors (Lipinski definition) is 0. The van der Waals surface area contributed by atoms with Crippen molar-refractivity contribution in [1.82, 2.24) is 4.90 Å². The molecule has 2 aliphatic rings. The van der Waals surface area contributed by atoms with Crippen LogP contribution < -0.4 is 0 Å². The zero-order chi connectivity index (χ0) is 10.5. The summed E-state index contributed by atoms with van der Waals surface area (Å²) in [5, 5.41) is 0. The molecule has 0 aromatic carbocycles. The SMILES string of the molecule is CCO[C@H]1CCCN([C@H]2C=CCCC2)C1. The normalized spacial score (nSPS) is 33.1. The largest absolute Gasteiger partial charge is 0.377 e. The molecule has 0 spiro atoms. The molecule has 0 bridgehead atoms. The Balaban J connectivity index is 1.85. The topological polar surface area (TPSA) is 12.5 Å². The molecule has 1 heterocycles. The standard InChI is InChI=1S/C13H23NO/c1-2-15-13-9-6-10-14(11-13)12-7-4-3-5-8-12/h4,7,12-13H,2-3,5-6,8-11H2,1H3/t12-,13-/m0/s1. The minimum Gasteiger partial charge on any atom is -0.377 e. The molecule has 0 aromatic rings. The maximum Gasteiger partial charge on any atom is 0.0702 e. The molecule has 2 nitrogen and oxygen atoms in total. The van der Waals surface area contributed by atoms with Gasteiger partial charge in [-0.05, 0) is 45.6 Å². The first-order valence-electron chi connectivity index (χ1n) is 6.42. The van der Waals surface area contributed by atoms with Crippen LogP contribution in [0.15, 0.2) is 12.2 Å². The molecule has 0 amide bonds. The summed E-state index contributed by atoms with van der Waals surface area (Å²) >= 11 is 0. The highest BCUT2D eigenvalue weighted by molar-refractivity contribution is 4.99. The smallest absolute Gasteiger partial charge is 0.0702 e. The number of hydrogen-bond acceptors (Lipinski definition) is 2. The van der Waals surface area contributed by atoms with Crippen LogP contribution in [0.4, 0.5) is 0 Å². The summed E-state index contributed by atoms with van der Waals surface area (Å²) < 4.78 is 5.74. The Hall–Kier alpha value is -0.340. The van der Waals surface area contributed by atoms with E-state index in [2.05, 4.69) is 24.0 Å². The summed E-state index contributed by atoms with van der Waals surface area (Å²) in [4.78, 5) is 2.61. The number of ether oxygens (including phenoxy) is 1. The second-order valence-corrected chi connectivity index (χ2v) is 4.64. The highest BCUT2D eigenvalue weighted by Gasteiger charge is 2.25. The highest BCUT2D eigenvalue weighted by atomic mass is 16.5. The quantitative estimate of drug-likeness (QED) is 0.662. The van der Waals surface area contributed by atoms with E-state index in [-0.39, 0.29) is 0 Å². The van der Waals surface area contributed by atoms with E-state index in [0.29, 0.717) is 12.1 Å². The van der Waals surface area contributed by atoms with Crippen molar-refractivity contribution < 1.29 is 4.74 Å². The Kier molecular flexibility index (Phi) is 4.21. The van der Waals surface area contributed by atoms with E-state index in [1.165, 1.54) is 38.6 Å². The van der Waals surface area contributed by atoms with E-state index in [4.69, 9.17) is 4.74 Å². The summed E-state index contributed by atoms with van der Waals surface area (Å²) in [6.07, 6.45) is 11.8. The van der Waals surface area contributed by atoms with Crippen LogP contribution in [0.5, 0.6) is 0 Å². The average Bonchev–Trinajstić information content (AvgIpc) is 2.31. The van der Waals surface area contributed by atoms with Crippen LogP contribution in [0.3, 0.4) is 0 Å². The Bertz CT molecular complexity index is 213. The maximum atomic E-state index is 5.74. The lowest BCUT2D eigenvalue weighted by atomic mass is 9.98. The van der Waals surface area contributed by atoms with Crippen LogP contribution >= 0.6 is 0 Å². The second-order valence-electron chi connectivity index (χ2n) is 4.64. The van der Waals surface area contributed by atoms with Crippen LogP contribution in [0.2, 0.25) is 0 Å². The Morgan fingerprint density at radius 3 is 3.00 bits per heavy atom. The lowest BCUT2D eigenvalue weighted by molar-refractivity contribution is -0.00307. The molecule has 1 aliphatic heterocycles. The predicted octanol–water partition coefficient (Wildman–Crippen LogP) is 2.60. The summed E-state index contributed by atoms with van der Waals surface area (Å²) in [6.45, 7) is 5.36. The maximum absolute atomic E-state index is 5.74. The first-order valence-corrected chi connectivity index (χ1v) is 6.42. The van der Waals surface area contributed by atoms with Gasteiger partial charge in [-0.25, -0.2) is 0 Å². The number of likely N-dealkylation sites (tertiary alicyclic amines) is 1. The average molecular weight is 209 g/mol. The zero-order valence-electron chi connectivity index (χ0n) is 9.82. The summed E-state index contributed by atoms with van der Waals surface area (Å²) in [7, 11) is 0. The molecule has 86 valence electrons. The summed E-state index contributed by atoms with van der Waals surface area (Å²) in [5.74, 6) is 0. The van der Waals surface area contributed by atoms with Crippen molar-refractivity contribution in [2.75, 3.05) is 19.7 Å². The highest BCUT2D eigenvalue weighted by Crippen LogP contribution is 2.21. The van der Waals surface area contributed by atoms with Crippen LogP contribution in [0.25, 0.3) is 0 Å². The minimum atomic E-state index is 0.485. The van der Waals surface area contributed by atoms with Gasteiger partial charge in [0.05, 0.1) is 6.10 Å². The monoisotopic (exact) mass is 209 g/mol. The molecular formula is C13H23NO. The van der Waals surface area contributed by atoms with Crippen molar-refractivity contribution in [2.24, 2.45) is 0 Å². The molecule has 0 unspecified atom stereocenters. The van der Waals surface area contributed by atoms with Crippen molar-refractivity contribution in [3.05, 3.63) is 12.2 Å². The molecule has 2 heteroatoms. The Labute approximate surface area is 93.3 Å². The first kappa shape index (κ1) is 11.2. The van der Waals surface area contributed by atoms with E-state index in [1.807, 2.05) is 0 Å². The fourth-order valence-electron chi connectivity index (χ4n) is 2.74. The number of piperidine rings is 1. The summed E-state index contributed by atoms with van der Waals surface area (Å²) in [5.41, 5.74) is 0. The molecule has 1 saturated heterocycles. The van der Waals surface area contributed by atoms with Crippen molar-refractivity contribution >= 4 is 0 Å². The third kappa shape index (κ3) is 3.05. The van der Waals surface area contributed by atoms with Gasteiger partial charge in [-0.2, -0.15) is 0 Å². The van der Waals surface area contributed by atoms with E-state index in [9.17, 15) is 0 Å². The van der Waals surface area contributed by atoms with Crippen LogP contribution in [-0.2, 0) is 4.74 Å². The number of allylic oxidation sites excluding steroid dienone is 1. The molecule has 1 aliphatic carbocycles. The molecule has 2 rings (SSSR count). The molecule has 2 atom stereocenters. The van der Waals surface area contributed by atoms with E-state index in [1.54, 1.807) is 0 Å². The van der Waals surface area contributed by atoms with Gasteiger partial charge < -0.3 is 4.74 Å². The van der Waals surface area contributed by atoms with E-state index < -0.39 is 0 Å². The minimum absolute atomic E-state index is 0.485. The third-order valence-electron chi connectivity index (χ3n) is 3.51. The summed E-state index contributed by atoms with van der Waals surface area (Å²) in [6, 6.07) is 0.696. The number of rotatable bonds is 3. The zero-order valence-corrected chi connectivity index (χ0v) is 9.82. The van der Waals surface area contributed by atoms with E-state index in [0.717, 1.165) is 13.2 Å². The van der Waals surface area contributed by atoms with Gasteiger partial charge >= 0.3 is 0 Å². The molecule has 0 aromatic heterocycles. The van der Waals surface area contributed by atoms with Gasteiger partial charge in [0.15, 0.2) is 0 Å². The lowest BCUT2D eigenvalue weighted by Gasteiger charge is -2.37. The molecule has 15 heavy (non-hydrogen) atoms. The Morgan fingerprint density at radius 1 is 1.33 bits per heavy atom. The number of nitrogens with zero attached hydrogens (tertiary/aromatic N) is 1. The van der Waals surface area contributed by atoms with Gasteiger partial charge in [0.1, 0.15) is 0 Å². The molecule has 0 radical (unpaired) electrons. The van der Waals surface area contributed by atoms with Crippen molar-refractivity contribution in [2.45, 2.75) is 51.2 Å². The van der Waals surface area contributed by atoms with Gasteiger partial charge in [-0.15, -0.1) is 0 Å². The van der Waals surface area contributed by atoms with Gasteiger partial charge in [0.2, 0.25) is 0 Å². The van der Waals surface area contributed by atoms with E-state index >= 15 is 0 Å². The first-order chi connectivity index (χ1) is 7.40. The lowest BCUT2D eigenvalue weighted by Crippen LogP contribution is -2.45. The van der Waals surface area contributed by atoms with Gasteiger partial charge in [0, 0.05) is 19.2 Å². The molecule has 1 fully saturated rings. The second kappa shape index (κ2) is 5.66.